The first-order valence-electron chi connectivity index (χ1n) is 8.89. The Balaban J connectivity index is 1.99. The lowest BCUT2D eigenvalue weighted by Crippen LogP contribution is -2.32. The fourth-order valence-electron chi connectivity index (χ4n) is 2.74. The van der Waals surface area contributed by atoms with Crippen molar-refractivity contribution in [2.45, 2.75) is 38.4 Å². The topological polar surface area (TPSA) is 93.9 Å². The maximum absolute atomic E-state index is 12.9. The van der Waals surface area contributed by atoms with Crippen LogP contribution in [0.5, 0.6) is 0 Å². The summed E-state index contributed by atoms with van der Waals surface area (Å²) in [5.41, 5.74) is 1.92. The normalized spacial score (nSPS) is 11.6. The van der Waals surface area contributed by atoms with Crippen molar-refractivity contribution in [2.75, 3.05) is 4.72 Å². The third-order valence-corrected chi connectivity index (χ3v) is 5.61. The maximum atomic E-state index is 12.9. The number of nitrogens with zero attached hydrogens (tertiary/aromatic N) is 3. The van der Waals surface area contributed by atoms with Crippen LogP contribution in [0.1, 0.15) is 36.6 Å². The van der Waals surface area contributed by atoms with Gasteiger partial charge in [-0.2, -0.15) is 8.42 Å². The Morgan fingerprint density at radius 2 is 1.64 bits per heavy atom. The van der Waals surface area contributed by atoms with E-state index >= 15 is 0 Å². The van der Waals surface area contributed by atoms with Gasteiger partial charge in [0.25, 0.3) is 20.7 Å². The lowest BCUT2D eigenvalue weighted by molar-refractivity contribution is 0.544. The Morgan fingerprint density at radius 3 is 2.25 bits per heavy atom. The van der Waals surface area contributed by atoms with Gasteiger partial charge in [0.1, 0.15) is 5.69 Å². The predicted octanol–water partition coefficient (Wildman–Crippen LogP) is 2.92. The molecule has 1 heterocycles. The molecular formula is C20H22N4O3S. The summed E-state index contributed by atoms with van der Waals surface area (Å²) < 4.78 is 29.5. The number of sulfonamides is 1. The van der Waals surface area contributed by atoms with Gasteiger partial charge in [0.2, 0.25) is 0 Å². The van der Waals surface area contributed by atoms with Gasteiger partial charge in [-0.1, -0.05) is 56.3 Å². The minimum atomic E-state index is -4.10. The highest BCUT2D eigenvalue weighted by atomic mass is 32.2. The molecule has 0 spiro atoms. The SMILES string of the molecule is Cc1nnc(S(=O)(=O)Nc2ccc(C(C)C)cc2)n(Cc2ccccc2)c1=O. The van der Waals surface area contributed by atoms with Crippen molar-refractivity contribution in [3.8, 4) is 0 Å². The molecule has 0 saturated heterocycles. The molecule has 1 N–H and O–H groups in total. The lowest BCUT2D eigenvalue weighted by atomic mass is 10.0. The summed E-state index contributed by atoms with van der Waals surface area (Å²) in [6.07, 6.45) is 0. The molecule has 8 heteroatoms. The summed E-state index contributed by atoms with van der Waals surface area (Å²) in [6.45, 7) is 5.70. The Labute approximate surface area is 164 Å². The van der Waals surface area contributed by atoms with Crippen LogP contribution in [0.4, 0.5) is 5.69 Å². The van der Waals surface area contributed by atoms with Gasteiger partial charge < -0.3 is 0 Å². The van der Waals surface area contributed by atoms with Crippen molar-refractivity contribution < 1.29 is 8.42 Å². The summed E-state index contributed by atoms with van der Waals surface area (Å²) >= 11 is 0. The average molecular weight is 398 g/mol. The highest BCUT2D eigenvalue weighted by molar-refractivity contribution is 7.92. The Bertz CT molecular complexity index is 1120. The second-order valence-corrected chi connectivity index (χ2v) is 8.40. The van der Waals surface area contributed by atoms with E-state index in [0.717, 1.165) is 15.7 Å². The van der Waals surface area contributed by atoms with E-state index in [1.807, 2.05) is 42.5 Å². The number of aryl methyl sites for hydroxylation is 1. The molecule has 7 nitrogen and oxygen atoms in total. The number of nitrogens with one attached hydrogen (secondary N) is 1. The molecule has 0 aliphatic carbocycles. The zero-order valence-corrected chi connectivity index (χ0v) is 16.8. The average Bonchev–Trinajstić information content (AvgIpc) is 2.66. The van der Waals surface area contributed by atoms with Crippen molar-refractivity contribution in [3.63, 3.8) is 0 Å². The molecule has 0 saturated carbocycles. The van der Waals surface area contributed by atoms with Crippen molar-refractivity contribution in [2.24, 2.45) is 0 Å². The van der Waals surface area contributed by atoms with Crippen LogP contribution < -0.4 is 10.3 Å². The van der Waals surface area contributed by atoms with E-state index in [2.05, 4.69) is 28.8 Å². The van der Waals surface area contributed by atoms with Gasteiger partial charge in [-0.05, 0) is 36.1 Å². The Kier molecular flexibility index (Phi) is 5.60. The second kappa shape index (κ2) is 7.93. The van der Waals surface area contributed by atoms with Gasteiger partial charge >= 0.3 is 0 Å². The fraction of sp³-hybridized carbons (Fsp3) is 0.250. The highest BCUT2D eigenvalue weighted by Crippen LogP contribution is 2.19. The van der Waals surface area contributed by atoms with Crippen LogP contribution in [-0.4, -0.2) is 23.2 Å². The van der Waals surface area contributed by atoms with Crippen molar-refractivity contribution >= 4 is 15.7 Å². The Morgan fingerprint density at radius 1 is 1.00 bits per heavy atom. The summed E-state index contributed by atoms with van der Waals surface area (Å²) in [6, 6.07) is 16.2. The molecule has 0 amide bonds. The predicted molar refractivity (Wildman–Crippen MR) is 108 cm³/mol. The molecule has 0 radical (unpaired) electrons. The van der Waals surface area contributed by atoms with Gasteiger partial charge in [-0.3, -0.25) is 14.1 Å². The van der Waals surface area contributed by atoms with Crippen LogP contribution in [0.15, 0.2) is 64.5 Å². The summed E-state index contributed by atoms with van der Waals surface area (Å²) in [5.74, 6) is 0.338. The van der Waals surface area contributed by atoms with Crippen LogP contribution >= 0.6 is 0 Å². The van der Waals surface area contributed by atoms with Gasteiger partial charge in [0, 0.05) is 5.69 Å². The molecule has 0 aliphatic rings. The molecule has 0 unspecified atom stereocenters. The molecule has 3 rings (SSSR count). The smallest absolute Gasteiger partial charge is 0.277 e. The third kappa shape index (κ3) is 4.28. The lowest BCUT2D eigenvalue weighted by Gasteiger charge is -2.14. The zero-order valence-electron chi connectivity index (χ0n) is 16.0. The molecule has 3 aromatic rings. The third-order valence-electron chi connectivity index (χ3n) is 4.32. The molecule has 2 aromatic carbocycles. The number of hydrogen-bond acceptors (Lipinski definition) is 5. The minimum Gasteiger partial charge on any atom is -0.277 e. The standard InChI is InChI=1S/C20H22N4O3S/c1-14(2)17-9-11-18(12-10-17)23-28(26,27)20-22-21-15(3)19(25)24(20)13-16-7-5-4-6-8-16/h4-12,14,23H,13H2,1-3H3. The molecule has 0 atom stereocenters. The molecule has 1 aromatic heterocycles. The summed E-state index contributed by atoms with van der Waals surface area (Å²) in [5, 5.41) is 7.12. The van der Waals surface area contributed by atoms with E-state index in [9.17, 15) is 13.2 Å². The molecule has 146 valence electrons. The molecular weight excluding hydrogens is 376 g/mol. The van der Waals surface area contributed by atoms with Gasteiger partial charge in [0.15, 0.2) is 0 Å². The van der Waals surface area contributed by atoms with Crippen LogP contribution in [0.3, 0.4) is 0 Å². The summed E-state index contributed by atoms with van der Waals surface area (Å²) in [7, 11) is -4.10. The number of benzene rings is 2. The first-order chi connectivity index (χ1) is 13.3. The minimum absolute atomic E-state index is 0.0819. The first kappa shape index (κ1) is 19.8. The molecule has 28 heavy (non-hydrogen) atoms. The fourth-order valence-corrected chi connectivity index (χ4v) is 3.86. The Hall–Kier alpha value is -3.00. The van der Waals surface area contributed by atoms with E-state index in [-0.39, 0.29) is 12.2 Å². The van der Waals surface area contributed by atoms with E-state index in [1.54, 1.807) is 12.1 Å². The first-order valence-corrected chi connectivity index (χ1v) is 10.4. The van der Waals surface area contributed by atoms with Gasteiger partial charge in [0.05, 0.1) is 6.54 Å². The molecule has 0 bridgehead atoms. The maximum Gasteiger partial charge on any atom is 0.297 e. The molecule has 0 aliphatic heterocycles. The van der Waals surface area contributed by atoms with Gasteiger partial charge in [-0.15, -0.1) is 10.2 Å². The number of hydrogen-bond donors (Lipinski definition) is 1. The number of rotatable bonds is 6. The van der Waals surface area contributed by atoms with Crippen LogP contribution in [0.2, 0.25) is 0 Å². The molecule has 0 fully saturated rings. The van der Waals surface area contributed by atoms with Crippen LogP contribution in [0.25, 0.3) is 0 Å². The largest absolute Gasteiger partial charge is 0.297 e. The van der Waals surface area contributed by atoms with Crippen molar-refractivity contribution in [1.82, 2.24) is 14.8 Å². The second-order valence-electron chi connectivity index (χ2n) is 6.83. The van der Waals surface area contributed by atoms with E-state index in [4.69, 9.17) is 0 Å². The number of anilines is 1. The van der Waals surface area contributed by atoms with E-state index < -0.39 is 20.7 Å². The number of aromatic nitrogens is 3. The highest BCUT2D eigenvalue weighted by Gasteiger charge is 2.24. The van der Waals surface area contributed by atoms with E-state index in [1.165, 1.54) is 6.92 Å². The zero-order chi connectivity index (χ0) is 20.3. The van der Waals surface area contributed by atoms with Crippen molar-refractivity contribution in [1.29, 1.82) is 0 Å². The van der Waals surface area contributed by atoms with Crippen LogP contribution in [0, 0.1) is 6.92 Å². The van der Waals surface area contributed by atoms with Crippen molar-refractivity contribution in [3.05, 3.63) is 81.8 Å². The quantitative estimate of drug-likeness (QED) is 0.689. The van der Waals surface area contributed by atoms with E-state index in [0.29, 0.717) is 11.6 Å². The summed E-state index contributed by atoms with van der Waals surface area (Å²) in [4.78, 5) is 12.6. The van der Waals surface area contributed by atoms with Crippen LogP contribution in [-0.2, 0) is 16.6 Å². The van der Waals surface area contributed by atoms with Gasteiger partial charge in [-0.25, -0.2) is 0 Å². The monoisotopic (exact) mass is 398 g/mol.